The molecule has 1 fully saturated rings. The van der Waals surface area contributed by atoms with Crippen molar-refractivity contribution >= 4 is 28.5 Å². The first-order valence-corrected chi connectivity index (χ1v) is 15.4. The number of likely N-dealkylation sites (tertiary alicyclic amines) is 1. The standard InChI is InChI=1S/C33H50N4O4/c1-6-25(7-2)33(40)37-22-28(41-5)20-30(37)32(39)36-29(31(38)35-17-11-10-16-34-21-23(3)4)19-24-14-15-26-12-8-9-13-27(26)18-24/h8-9,12-15,18,23,25,28-30,34H,6-7,10-11,16-17,19-22H2,1-5H3,(H,35,38)(H,36,39). The summed E-state index contributed by atoms with van der Waals surface area (Å²) in [6, 6.07) is 12.8. The van der Waals surface area contributed by atoms with Crippen molar-refractivity contribution in [3.05, 3.63) is 48.0 Å². The van der Waals surface area contributed by atoms with Gasteiger partial charge in [-0.2, -0.15) is 0 Å². The molecule has 3 N–H and O–H groups in total. The van der Waals surface area contributed by atoms with E-state index in [1.807, 2.05) is 44.2 Å². The lowest BCUT2D eigenvalue weighted by atomic mass is 10.00. The molecule has 8 heteroatoms. The van der Waals surface area contributed by atoms with Crippen LogP contribution in [-0.2, 0) is 25.5 Å². The second-order valence-corrected chi connectivity index (χ2v) is 11.7. The SMILES string of the molecule is CCC(CC)C(=O)N1CC(OC)CC1C(=O)NC(Cc1ccc2ccccc2c1)C(=O)NCCCCNCC(C)C. The minimum absolute atomic E-state index is 0.0173. The molecule has 1 heterocycles. The lowest BCUT2D eigenvalue weighted by Crippen LogP contribution is -2.54. The van der Waals surface area contributed by atoms with Crippen molar-refractivity contribution in [1.82, 2.24) is 20.9 Å². The number of hydrogen-bond donors (Lipinski definition) is 3. The van der Waals surface area contributed by atoms with Gasteiger partial charge in [0.25, 0.3) is 0 Å². The van der Waals surface area contributed by atoms with E-state index < -0.39 is 12.1 Å². The van der Waals surface area contributed by atoms with Crippen LogP contribution >= 0.6 is 0 Å². The Morgan fingerprint density at radius 1 is 1.00 bits per heavy atom. The Bertz CT molecular complexity index is 1130. The van der Waals surface area contributed by atoms with Gasteiger partial charge < -0.3 is 25.6 Å². The minimum Gasteiger partial charge on any atom is -0.380 e. The van der Waals surface area contributed by atoms with Crippen molar-refractivity contribution in [2.75, 3.05) is 33.3 Å². The molecular weight excluding hydrogens is 516 g/mol. The molecule has 0 saturated carbocycles. The van der Waals surface area contributed by atoms with E-state index in [2.05, 4.69) is 41.9 Å². The van der Waals surface area contributed by atoms with Crippen molar-refractivity contribution in [1.29, 1.82) is 0 Å². The Kier molecular flexibility index (Phi) is 13.1. The molecule has 2 aromatic rings. The molecule has 2 aromatic carbocycles. The van der Waals surface area contributed by atoms with Crippen LogP contribution in [0, 0.1) is 11.8 Å². The number of carbonyl (C=O) groups excluding carboxylic acids is 3. The number of amides is 3. The van der Waals surface area contributed by atoms with Crippen molar-refractivity contribution in [2.24, 2.45) is 11.8 Å². The number of hydrogen-bond acceptors (Lipinski definition) is 5. The summed E-state index contributed by atoms with van der Waals surface area (Å²) in [5, 5.41) is 11.7. The van der Waals surface area contributed by atoms with Crippen molar-refractivity contribution < 1.29 is 19.1 Å². The van der Waals surface area contributed by atoms with Gasteiger partial charge in [-0.25, -0.2) is 0 Å². The number of nitrogens with one attached hydrogen (secondary N) is 3. The van der Waals surface area contributed by atoms with Crippen LogP contribution in [0.1, 0.15) is 65.4 Å². The van der Waals surface area contributed by atoms with Crippen LogP contribution in [0.2, 0.25) is 0 Å². The number of fused-ring (bicyclic) bond motifs is 1. The number of carbonyl (C=O) groups is 3. The summed E-state index contributed by atoms with van der Waals surface area (Å²) in [7, 11) is 1.61. The van der Waals surface area contributed by atoms with Gasteiger partial charge in [-0.3, -0.25) is 14.4 Å². The highest BCUT2D eigenvalue weighted by Crippen LogP contribution is 2.25. The number of rotatable bonds is 16. The summed E-state index contributed by atoms with van der Waals surface area (Å²) >= 11 is 0. The summed E-state index contributed by atoms with van der Waals surface area (Å²) in [5.74, 6) is -0.0540. The van der Waals surface area contributed by atoms with Crippen LogP contribution in [0.3, 0.4) is 0 Å². The summed E-state index contributed by atoms with van der Waals surface area (Å²) < 4.78 is 5.56. The first-order chi connectivity index (χ1) is 19.8. The maximum atomic E-state index is 13.7. The molecule has 0 bridgehead atoms. The normalized spacial score (nSPS) is 17.8. The molecule has 3 rings (SSSR count). The molecule has 3 atom stereocenters. The van der Waals surface area contributed by atoms with Crippen LogP contribution < -0.4 is 16.0 Å². The zero-order chi connectivity index (χ0) is 29.8. The van der Waals surface area contributed by atoms with E-state index in [0.717, 1.165) is 55.1 Å². The predicted molar refractivity (Wildman–Crippen MR) is 165 cm³/mol. The van der Waals surface area contributed by atoms with E-state index in [-0.39, 0.29) is 29.7 Å². The van der Waals surface area contributed by atoms with E-state index in [9.17, 15) is 14.4 Å². The van der Waals surface area contributed by atoms with Crippen LogP contribution in [0.5, 0.6) is 0 Å². The summed E-state index contributed by atoms with van der Waals surface area (Å²) in [6.07, 6.45) is 3.82. The van der Waals surface area contributed by atoms with E-state index in [1.54, 1.807) is 12.0 Å². The van der Waals surface area contributed by atoms with Crippen molar-refractivity contribution in [3.8, 4) is 0 Å². The van der Waals surface area contributed by atoms with Gasteiger partial charge in [0, 0.05) is 39.0 Å². The smallest absolute Gasteiger partial charge is 0.243 e. The molecule has 41 heavy (non-hydrogen) atoms. The van der Waals surface area contributed by atoms with E-state index in [4.69, 9.17) is 4.74 Å². The Hall–Kier alpha value is -2.97. The molecule has 8 nitrogen and oxygen atoms in total. The second-order valence-electron chi connectivity index (χ2n) is 11.7. The molecule has 0 aliphatic carbocycles. The lowest BCUT2D eigenvalue weighted by molar-refractivity contribution is -0.142. The maximum absolute atomic E-state index is 13.7. The average molecular weight is 567 g/mol. The topological polar surface area (TPSA) is 99.8 Å². The molecule has 1 saturated heterocycles. The summed E-state index contributed by atoms with van der Waals surface area (Å²) in [4.78, 5) is 42.1. The van der Waals surface area contributed by atoms with Crippen molar-refractivity contribution in [2.45, 2.75) is 84.4 Å². The summed E-state index contributed by atoms with van der Waals surface area (Å²) in [5.41, 5.74) is 0.966. The van der Waals surface area contributed by atoms with Gasteiger partial charge in [0.1, 0.15) is 12.1 Å². The van der Waals surface area contributed by atoms with Gasteiger partial charge in [0.2, 0.25) is 17.7 Å². The third kappa shape index (κ3) is 9.54. The first-order valence-electron chi connectivity index (χ1n) is 15.4. The van der Waals surface area contributed by atoms with Crippen LogP contribution in [0.15, 0.2) is 42.5 Å². The van der Waals surface area contributed by atoms with E-state index in [0.29, 0.717) is 31.8 Å². The van der Waals surface area contributed by atoms with Crippen molar-refractivity contribution in [3.63, 3.8) is 0 Å². The Morgan fingerprint density at radius 3 is 2.39 bits per heavy atom. The Morgan fingerprint density at radius 2 is 1.71 bits per heavy atom. The first kappa shape index (κ1) is 32.5. The molecule has 1 aliphatic heterocycles. The molecule has 0 aromatic heterocycles. The highest BCUT2D eigenvalue weighted by atomic mass is 16.5. The number of ether oxygens (including phenoxy) is 1. The highest BCUT2D eigenvalue weighted by Gasteiger charge is 2.42. The highest BCUT2D eigenvalue weighted by molar-refractivity contribution is 5.93. The average Bonchev–Trinajstić information content (AvgIpc) is 3.41. The monoisotopic (exact) mass is 566 g/mol. The maximum Gasteiger partial charge on any atom is 0.243 e. The van der Waals surface area contributed by atoms with Gasteiger partial charge in [-0.05, 0) is 61.0 Å². The Labute approximate surface area is 246 Å². The minimum atomic E-state index is -0.755. The van der Waals surface area contributed by atoms with Gasteiger partial charge >= 0.3 is 0 Å². The fourth-order valence-electron chi connectivity index (χ4n) is 5.51. The third-order valence-corrected chi connectivity index (χ3v) is 8.04. The molecule has 1 aliphatic rings. The fourth-order valence-corrected chi connectivity index (χ4v) is 5.51. The molecule has 226 valence electrons. The number of methoxy groups -OCH3 is 1. The molecule has 3 unspecified atom stereocenters. The van der Waals surface area contributed by atoms with Gasteiger partial charge in [0.05, 0.1) is 6.10 Å². The lowest BCUT2D eigenvalue weighted by Gasteiger charge is -2.28. The number of benzene rings is 2. The van der Waals surface area contributed by atoms with Gasteiger partial charge in [0.15, 0.2) is 0 Å². The quantitative estimate of drug-likeness (QED) is 0.266. The molecular formula is C33H50N4O4. The second kappa shape index (κ2) is 16.5. The van der Waals surface area contributed by atoms with Crippen LogP contribution in [0.4, 0.5) is 0 Å². The van der Waals surface area contributed by atoms with Crippen LogP contribution in [0.25, 0.3) is 10.8 Å². The molecule has 0 radical (unpaired) electrons. The van der Waals surface area contributed by atoms with Crippen LogP contribution in [-0.4, -0.2) is 74.1 Å². The van der Waals surface area contributed by atoms with Gasteiger partial charge in [-0.1, -0.05) is 70.2 Å². The Balaban J connectivity index is 1.72. The fraction of sp³-hybridized carbons (Fsp3) is 0.606. The predicted octanol–water partition coefficient (Wildman–Crippen LogP) is 4.06. The zero-order valence-corrected chi connectivity index (χ0v) is 25.6. The zero-order valence-electron chi connectivity index (χ0n) is 25.6. The van der Waals surface area contributed by atoms with E-state index in [1.165, 1.54) is 0 Å². The van der Waals surface area contributed by atoms with E-state index >= 15 is 0 Å². The third-order valence-electron chi connectivity index (χ3n) is 8.04. The van der Waals surface area contributed by atoms with Gasteiger partial charge in [-0.15, -0.1) is 0 Å². The largest absolute Gasteiger partial charge is 0.380 e. The number of unbranched alkanes of at least 4 members (excludes halogenated alkanes) is 1. The molecule has 3 amide bonds. The summed E-state index contributed by atoms with van der Waals surface area (Å²) in [6.45, 7) is 11.2. The molecule has 0 spiro atoms. The number of nitrogens with zero attached hydrogens (tertiary/aromatic N) is 1.